The van der Waals surface area contributed by atoms with E-state index in [0.29, 0.717) is 5.82 Å². The third-order valence-electron chi connectivity index (χ3n) is 3.32. The van der Waals surface area contributed by atoms with E-state index in [0.717, 1.165) is 56.2 Å². The summed E-state index contributed by atoms with van der Waals surface area (Å²) in [5.41, 5.74) is 6.88. The molecular formula is C14H27N5. The summed E-state index contributed by atoms with van der Waals surface area (Å²) in [4.78, 5) is 11.2. The van der Waals surface area contributed by atoms with Crippen LogP contribution in [0.15, 0.2) is 0 Å². The van der Waals surface area contributed by atoms with Gasteiger partial charge in [0.2, 0.25) is 0 Å². The van der Waals surface area contributed by atoms with Crippen LogP contribution in [0.2, 0.25) is 0 Å². The summed E-state index contributed by atoms with van der Waals surface area (Å²) >= 11 is 0. The number of rotatable bonds is 8. The van der Waals surface area contributed by atoms with Crippen molar-refractivity contribution >= 4 is 11.6 Å². The Hall–Kier alpha value is -1.36. The van der Waals surface area contributed by atoms with Gasteiger partial charge in [-0.15, -0.1) is 0 Å². The summed E-state index contributed by atoms with van der Waals surface area (Å²) in [5, 5.41) is 3.38. The molecule has 0 amide bonds. The van der Waals surface area contributed by atoms with Gasteiger partial charge in [0, 0.05) is 25.1 Å². The lowest BCUT2D eigenvalue weighted by molar-refractivity contribution is 0.316. The van der Waals surface area contributed by atoms with Crippen molar-refractivity contribution < 1.29 is 0 Å². The van der Waals surface area contributed by atoms with Crippen molar-refractivity contribution in [3.05, 3.63) is 11.4 Å². The molecule has 19 heavy (non-hydrogen) atoms. The molecule has 108 valence electrons. The lowest BCUT2D eigenvalue weighted by Gasteiger charge is -2.19. The van der Waals surface area contributed by atoms with Crippen LogP contribution in [-0.4, -0.2) is 41.0 Å². The smallest absolute Gasteiger partial charge is 0.134 e. The maximum absolute atomic E-state index is 5.93. The van der Waals surface area contributed by atoms with Crippen molar-refractivity contribution in [2.45, 2.75) is 40.5 Å². The fourth-order valence-electron chi connectivity index (χ4n) is 1.96. The van der Waals surface area contributed by atoms with Gasteiger partial charge in [0.05, 0.1) is 0 Å². The third-order valence-corrected chi connectivity index (χ3v) is 3.32. The van der Waals surface area contributed by atoms with Gasteiger partial charge >= 0.3 is 0 Å². The van der Waals surface area contributed by atoms with E-state index >= 15 is 0 Å². The van der Waals surface area contributed by atoms with Gasteiger partial charge in [-0.2, -0.15) is 0 Å². The van der Waals surface area contributed by atoms with E-state index in [1.54, 1.807) is 0 Å². The highest BCUT2D eigenvalue weighted by atomic mass is 15.1. The highest BCUT2D eigenvalue weighted by Gasteiger charge is 2.08. The highest BCUT2D eigenvalue weighted by molar-refractivity contribution is 5.54. The van der Waals surface area contributed by atoms with Crippen LogP contribution < -0.4 is 11.1 Å². The van der Waals surface area contributed by atoms with Crippen LogP contribution in [0, 0.1) is 6.92 Å². The van der Waals surface area contributed by atoms with Crippen molar-refractivity contribution in [2.24, 2.45) is 0 Å². The molecular weight excluding hydrogens is 238 g/mol. The van der Waals surface area contributed by atoms with Gasteiger partial charge in [0.1, 0.15) is 17.5 Å². The number of nitrogen functional groups attached to an aromatic ring is 1. The summed E-state index contributed by atoms with van der Waals surface area (Å²) in [5.74, 6) is 2.29. The Morgan fingerprint density at radius 2 is 1.84 bits per heavy atom. The first-order valence-corrected chi connectivity index (χ1v) is 7.21. The molecule has 1 heterocycles. The minimum atomic E-state index is 0.587. The van der Waals surface area contributed by atoms with Crippen molar-refractivity contribution in [3.63, 3.8) is 0 Å². The molecule has 0 aromatic carbocycles. The fourth-order valence-corrected chi connectivity index (χ4v) is 1.96. The van der Waals surface area contributed by atoms with E-state index in [1.807, 2.05) is 6.92 Å². The zero-order valence-corrected chi connectivity index (χ0v) is 12.7. The van der Waals surface area contributed by atoms with Gasteiger partial charge in [-0.1, -0.05) is 20.8 Å². The molecule has 5 nitrogen and oxygen atoms in total. The van der Waals surface area contributed by atoms with Crippen LogP contribution in [0.1, 0.15) is 38.6 Å². The van der Waals surface area contributed by atoms with Crippen molar-refractivity contribution in [1.29, 1.82) is 0 Å². The van der Waals surface area contributed by atoms with Gasteiger partial charge in [0.25, 0.3) is 0 Å². The summed E-state index contributed by atoms with van der Waals surface area (Å²) in [7, 11) is 0. The van der Waals surface area contributed by atoms with Crippen LogP contribution in [0.3, 0.4) is 0 Å². The molecule has 0 aliphatic carbocycles. The van der Waals surface area contributed by atoms with Gasteiger partial charge in [0.15, 0.2) is 0 Å². The molecule has 0 aliphatic rings. The van der Waals surface area contributed by atoms with Crippen LogP contribution in [0.5, 0.6) is 0 Å². The molecule has 0 spiro atoms. The normalized spacial score (nSPS) is 11.0. The molecule has 0 bridgehead atoms. The number of nitrogens with zero attached hydrogens (tertiary/aromatic N) is 3. The van der Waals surface area contributed by atoms with E-state index in [2.05, 4.69) is 41.0 Å². The molecule has 0 fully saturated rings. The van der Waals surface area contributed by atoms with Gasteiger partial charge in [-0.3, -0.25) is 0 Å². The average Bonchev–Trinajstić information content (AvgIpc) is 2.40. The Kier molecular flexibility index (Phi) is 6.56. The zero-order valence-electron chi connectivity index (χ0n) is 12.7. The van der Waals surface area contributed by atoms with Crippen molar-refractivity contribution in [2.75, 3.05) is 37.2 Å². The number of aryl methyl sites for hydroxylation is 1. The number of nitrogens with one attached hydrogen (secondary N) is 1. The number of hydrogen-bond donors (Lipinski definition) is 2. The van der Waals surface area contributed by atoms with Crippen LogP contribution in [0.25, 0.3) is 0 Å². The van der Waals surface area contributed by atoms with Crippen LogP contribution >= 0.6 is 0 Å². The topological polar surface area (TPSA) is 67.1 Å². The first kappa shape index (κ1) is 15.7. The maximum atomic E-state index is 5.93. The second-order valence-electron chi connectivity index (χ2n) is 4.70. The quantitative estimate of drug-likeness (QED) is 0.753. The lowest BCUT2D eigenvalue weighted by Crippen LogP contribution is -2.29. The van der Waals surface area contributed by atoms with Gasteiger partial charge in [-0.05, 0) is 26.4 Å². The Morgan fingerprint density at radius 1 is 1.16 bits per heavy atom. The van der Waals surface area contributed by atoms with E-state index in [1.165, 1.54) is 0 Å². The number of aromatic nitrogens is 2. The number of hydrogen-bond acceptors (Lipinski definition) is 5. The molecule has 1 rings (SSSR count). The molecule has 0 saturated carbocycles. The molecule has 1 aromatic rings. The molecule has 1 aromatic heterocycles. The zero-order chi connectivity index (χ0) is 14.3. The molecule has 0 radical (unpaired) electrons. The molecule has 0 unspecified atom stereocenters. The Bertz CT molecular complexity index is 388. The Balaban J connectivity index is 2.66. The second kappa shape index (κ2) is 7.94. The molecule has 3 N–H and O–H groups in total. The minimum Gasteiger partial charge on any atom is -0.383 e. The monoisotopic (exact) mass is 265 g/mol. The Morgan fingerprint density at radius 3 is 2.42 bits per heavy atom. The SMILES string of the molecule is CCCc1nc(N)c(C)c(NCCN(CC)CC)n1. The standard InChI is InChI=1S/C14H27N5/c1-5-8-12-17-13(15)11(4)14(18-12)16-9-10-19(6-2)7-3/h5-10H2,1-4H3,(H3,15,16,17,18). The molecule has 0 atom stereocenters. The van der Waals surface area contributed by atoms with E-state index in [-0.39, 0.29) is 0 Å². The third kappa shape index (κ3) is 4.67. The Labute approximate surface area is 116 Å². The number of anilines is 2. The predicted molar refractivity (Wildman–Crippen MR) is 81.5 cm³/mol. The van der Waals surface area contributed by atoms with Gasteiger partial charge in [-0.25, -0.2) is 9.97 Å². The van der Waals surface area contributed by atoms with E-state index < -0.39 is 0 Å². The van der Waals surface area contributed by atoms with Gasteiger partial charge < -0.3 is 16.0 Å². The summed E-state index contributed by atoms with van der Waals surface area (Å²) in [6.07, 6.45) is 1.90. The first-order chi connectivity index (χ1) is 9.12. The highest BCUT2D eigenvalue weighted by Crippen LogP contribution is 2.17. The first-order valence-electron chi connectivity index (χ1n) is 7.21. The lowest BCUT2D eigenvalue weighted by atomic mass is 10.2. The number of nitrogens with two attached hydrogens (primary N) is 1. The van der Waals surface area contributed by atoms with Crippen LogP contribution in [0.4, 0.5) is 11.6 Å². The predicted octanol–water partition coefficient (Wildman–Crippen LogP) is 2.07. The molecule has 0 saturated heterocycles. The summed E-state index contributed by atoms with van der Waals surface area (Å²) < 4.78 is 0. The molecule has 0 aliphatic heterocycles. The van der Waals surface area contributed by atoms with Crippen LogP contribution in [-0.2, 0) is 6.42 Å². The second-order valence-corrected chi connectivity index (χ2v) is 4.70. The summed E-state index contributed by atoms with van der Waals surface area (Å²) in [6.45, 7) is 12.5. The fraction of sp³-hybridized carbons (Fsp3) is 0.714. The van der Waals surface area contributed by atoms with E-state index in [4.69, 9.17) is 5.73 Å². The largest absolute Gasteiger partial charge is 0.383 e. The average molecular weight is 265 g/mol. The number of likely N-dealkylation sites (N-methyl/N-ethyl adjacent to an activating group) is 1. The van der Waals surface area contributed by atoms with Crippen molar-refractivity contribution in [1.82, 2.24) is 14.9 Å². The van der Waals surface area contributed by atoms with E-state index in [9.17, 15) is 0 Å². The summed E-state index contributed by atoms with van der Waals surface area (Å²) in [6, 6.07) is 0. The minimum absolute atomic E-state index is 0.587. The van der Waals surface area contributed by atoms with Crippen molar-refractivity contribution in [3.8, 4) is 0 Å². The maximum Gasteiger partial charge on any atom is 0.134 e. The molecule has 5 heteroatoms.